The van der Waals surface area contributed by atoms with Crippen molar-refractivity contribution in [3.63, 3.8) is 0 Å². The molecule has 2 aromatic carbocycles. The molecule has 0 heterocycles. The topological polar surface area (TPSA) is 0 Å². The lowest BCUT2D eigenvalue weighted by Gasteiger charge is -2.18. The van der Waals surface area contributed by atoms with E-state index in [0.717, 1.165) is 0 Å². The summed E-state index contributed by atoms with van der Waals surface area (Å²) in [7, 11) is -0.453. The molecule has 2 aromatic rings. The summed E-state index contributed by atoms with van der Waals surface area (Å²) in [6.07, 6.45) is 6.84. The van der Waals surface area contributed by atoms with Crippen LogP contribution in [-0.4, -0.2) is 13.6 Å². The minimum Gasteiger partial charge on any atom is -0.0619 e. The lowest BCUT2D eigenvalue weighted by molar-refractivity contribution is 1.04. The molecule has 0 nitrogen and oxygen atoms in total. The van der Waals surface area contributed by atoms with E-state index in [4.69, 9.17) is 0 Å². The maximum absolute atomic E-state index is 3.51. The summed E-state index contributed by atoms with van der Waals surface area (Å²) >= 11 is 0. The maximum Gasteiger partial charge on any atom is 0.0360 e. The Balaban J connectivity index is 1.97. The fraction of sp³-hybridized carbons (Fsp3) is 0.150. The molecule has 0 fully saturated rings. The third kappa shape index (κ3) is 1.84. The Hall–Kier alpha value is -1.99. The molecule has 2 aliphatic carbocycles. The highest BCUT2D eigenvalue weighted by atomic mass is 28.2. The van der Waals surface area contributed by atoms with Gasteiger partial charge in [0.1, 0.15) is 0 Å². The summed E-state index contributed by atoms with van der Waals surface area (Å²) in [6.45, 7) is 4.75. The van der Waals surface area contributed by atoms with Crippen LogP contribution < -0.4 is 0 Å². The van der Waals surface area contributed by atoms with E-state index >= 15 is 0 Å². The molecule has 1 radical (unpaired) electrons. The van der Waals surface area contributed by atoms with Crippen molar-refractivity contribution in [3.8, 4) is 11.1 Å². The molecule has 0 spiro atoms. The first kappa shape index (κ1) is 12.7. The van der Waals surface area contributed by atoms with E-state index in [1.807, 2.05) is 6.07 Å². The zero-order chi connectivity index (χ0) is 14.4. The molecule has 0 bridgehead atoms. The zero-order valence-corrected chi connectivity index (χ0v) is 13.4. The molecule has 1 heteroatoms. The molecule has 0 saturated carbocycles. The van der Waals surface area contributed by atoms with E-state index in [0.29, 0.717) is 5.92 Å². The van der Waals surface area contributed by atoms with Crippen LogP contribution in [0.25, 0.3) is 11.1 Å². The molecule has 101 valence electrons. The summed E-state index contributed by atoms with van der Waals surface area (Å²) < 4.78 is 0. The van der Waals surface area contributed by atoms with Crippen LogP contribution in [0.4, 0.5) is 0 Å². The Morgan fingerprint density at radius 2 is 1.81 bits per heavy atom. The Morgan fingerprint density at radius 3 is 2.67 bits per heavy atom. The lowest BCUT2D eigenvalue weighted by Crippen LogP contribution is -2.14. The van der Waals surface area contributed by atoms with Crippen LogP contribution in [0.3, 0.4) is 0 Å². The van der Waals surface area contributed by atoms with Crippen molar-refractivity contribution < 1.29 is 0 Å². The minimum absolute atomic E-state index is 0.363. The third-order valence-electron chi connectivity index (χ3n) is 4.44. The van der Waals surface area contributed by atoms with Gasteiger partial charge in [0, 0.05) is 14.3 Å². The quantitative estimate of drug-likeness (QED) is 0.672. The fourth-order valence-electron chi connectivity index (χ4n) is 3.54. The summed E-state index contributed by atoms with van der Waals surface area (Å²) in [4.78, 5) is 0. The van der Waals surface area contributed by atoms with Gasteiger partial charge in [-0.05, 0) is 39.1 Å². The van der Waals surface area contributed by atoms with Gasteiger partial charge in [-0.25, -0.2) is 0 Å². The van der Waals surface area contributed by atoms with E-state index in [9.17, 15) is 0 Å². The molecule has 2 aliphatic rings. The van der Waals surface area contributed by atoms with Crippen molar-refractivity contribution in [2.75, 3.05) is 0 Å². The van der Waals surface area contributed by atoms with Crippen molar-refractivity contribution in [1.82, 2.24) is 0 Å². The summed E-state index contributed by atoms with van der Waals surface area (Å²) in [6, 6.07) is 18.7. The Morgan fingerprint density at radius 1 is 1.00 bits per heavy atom. The van der Waals surface area contributed by atoms with Gasteiger partial charge in [0.05, 0.1) is 0 Å². The molecule has 0 aromatic heterocycles. The van der Waals surface area contributed by atoms with Crippen LogP contribution >= 0.6 is 0 Å². The molecule has 4 rings (SSSR count). The van der Waals surface area contributed by atoms with Gasteiger partial charge in [-0.2, -0.15) is 0 Å². The van der Waals surface area contributed by atoms with Crippen LogP contribution in [0.1, 0.15) is 17.0 Å². The summed E-state index contributed by atoms with van der Waals surface area (Å²) in [5.74, 6) is 0.363. The zero-order valence-electron chi connectivity index (χ0n) is 12.4. The highest BCUT2D eigenvalue weighted by Crippen LogP contribution is 2.48. The van der Waals surface area contributed by atoms with Crippen LogP contribution in [0.2, 0.25) is 13.1 Å². The van der Waals surface area contributed by atoms with Gasteiger partial charge in [0.2, 0.25) is 0 Å². The van der Waals surface area contributed by atoms with Gasteiger partial charge in [-0.1, -0.05) is 73.8 Å². The molecule has 0 amide bonds. The Labute approximate surface area is 127 Å². The first-order valence-corrected chi connectivity index (χ1v) is 9.93. The van der Waals surface area contributed by atoms with Crippen molar-refractivity contribution in [3.05, 3.63) is 83.5 Å². The molecule has 21 heavy (non-hydrogen) atoms. The van der Waals surface area contributed by atoms with E-state index < -0.39 is 8.41 Å². The minimum atomic E-state index is -0.453. The largest absolute Gasteiger partial charge is 0.0619 e. The number of allylic oxidation sites excluding steroid dienone is 4. The third-order valence-corrected chi connectivity index (χ3v) is 5.97. The van der Waals surface area contributed by atoms with Crippen molar-refractivity contribution in [2.24, 2.45) is 0 Å². The van der Waals surface area contributed by atoms with Gasteiger partial charge < -0.3 is 0 Å². The lowest BCUT2D eigenvalue weighted by atomic mass is 9.88. The normalized spacial score (nSPS) is 15.9. The number of benzene rings is 2. The SMILES string of the molecule is C[Si](C)=C1C=CC=C1C1c2[c]cccc2-c2ccccc21. The van der Waals surface area contributed by atoms with Gasteiger partial charge in [0.25, 0.3) is 0 Å². The standard InChI is InChI=1S/C20H17Si/c1-21(2)19-13-7-12-18(19)20-16-10-5-3-8-14(16)15-9-4-6-11-17(15)20/h3-10,12-13,20H,1-2H3. The number of rotatable bonds is 1. The van der Waals surface area contributed by atoms with E-state index in [-0.39, 0.29) is 0 Å². The van der Waals surface area contributed by atoms with Crippen LogP contribution in [0.15, 0.2) is 66.3 Å². The predicted molar refractivity (Wildman–Crippen MR) is 92.3 cm³/mol. The highest BCUT2D eigenvalue weighted by molar-refractivity contribution is 6.74. The second-order valence-corrected chi connectivity index (χ2v) is 8.45. The van der Waals surface area contributed by atoms with E-state index in [2.05, 4.69) is 73.8 Å². The molecule has 0 aliphatic heterocycles. The molecule has 1 unspecified atom stereocenters. The van der Waals surface area contributed by atoms with Crippen molar-refractivity contribution in [1.29, 1.82) is 0 Å². The second-order valence-electron chi connectivity index (χ2n) is 5.91. The molecule has 1 atom stereocenters. The number of fused-ring (bicyclic) bond motifs is 3. The van der Waals surface area contributed by atoms with Gasteiger partial charge in [0.15, 0.2) is 0 Å². The van der Waals surface area contributed by atoms with Crippen LogP contribution in [-0.2, 0) is 0 Å². The monoisotopic (exact) mass is 285 g/mol. The van der Waals surface area contributed by atoms with Crippen molar-refractivity contribution in [2.45, 2.75) is 19.0 Å². The predicted octanol–water partition coefficient (Wildman–Crippen LogP) is 4.60. The molecule has 0 saturated heterocycles. The van der Waals surface area contributed by atoms with Crippen molar-refractivity contribution >= 4 is 13.6 Å². The van der Waals surface area contributed by atoms with Crippen LogP contribution in [0, 0.1) is 6.07 Å². The Kier molecular flexibility index (Phi) is 2.90. The van der Waals surface area contributed by atoms with Gasteiger partial charge in [-0.15, -0.1) is 0 Å². The van der Waals surface area contributed by atoms with Gasteiger partial charge in [-0.3, -0.25) is 0 Å². The number of hydrogen-bond acceptors (Lipinski definition) is 0. The average Bonchev–Trinajstić information content (AvgIpc) is 3.09. The summed E-state index contributed by atoms with van der Waals surface area (Å²) in [5.41, 5.74) is 7.00. The molecule has 0 N–H and O–H groups in total. The maximum atomic E-state index is 3.51. The number of hydrogen-bond donors (Lipinski definition) is 0. The first-order valence-electron chi connectivity index (χ1n) is 7.43. The fourth-order valence-corrected chi connectivity index (χ4v) is 4.77. The van der Waals surface area contributed by atoms with Crippen LogP contribution in [0.5, 0.6) is 0 Å². The highest BCUT2D eigenvalue weighted by Gasteiger charge is 2.32. The van der Waals surface area contributed by atoms with Gasteiger partial charge >= 0.3 is 0 Å². The van der Waals surface area contributed by atoms with E-state index in [1.54, 1.807) is 5.17 Å². The summed E-state index contributed by atoms with van der Waals surface area (Å²) in [5, 5.41) is 1.56. The first-order chi connectivity index (χ1) is 10.3. The smallest absolute Gasteiger partial charge is 0.0360 e. The molecular weight excluding hydrogens is 268 g/mol. The average molecular weight is 285 g/mol. The second kappa shape index (κ2) is 4.78. The van der Waals surface area contributed by atoms with E-state index in [1.165, 1.54) is 27.8 Å². The Bertz CT molecular complexity index is 772. The molecular formula is C20H17Si.